The average molecular weight is 192 g/mol. The van der Waals surface area contributed by atoms with E-state index in [4.69, 9.17) is 5.73 Å². The summed E-state index contributed by atoms with van der Waals surface area (Å²) in [6.45, 7) is 0. The van der Waals surface area contributed by atoms with Gasteiger partial charge in [0.2, 0.25) is 0 Å². The van der Waals surface area contributed by atoms with Gasteiger partial charge in [0.1, 0.15) is 0 Å². The van der Waals surface area contributed by atoms with Crippen LogP contribution < -0.4 is 5.73 Å². The molecule has 0 saturated heterocycles. The van der Waals surface area contributed by atoms with Crippen molar-refractivity contribution in [2.24, 2.45) is 5.73 Å². The highest BCUT2D eigenvalue weighted by Gasteiger charge is 2.38. The normalized spacial score (nSPS) is 22.9. The van der Waals surface area contributed by atoms with E-state index in [1.165, 1.54) is 0 Å². The first kappa shape index (κ1) is 7.22. The van der Waals surface area contributed by atoms with Gasteiger partial charge < -0.3 is 5.73 Å². The molecule has 0 amide bonds. The quantitative estimate of drug-likeness (QED) is 0.658. The number of alkyl halides is 1. The SMILES string of the molecule is NC1(C(=O)CBr)CCC1. The predicted octanol–water partition coefficient (Wildman–Crippen LogP) is 0.832. The topological polar surface area (TPSA) is 43.1 Å². The molecule has 0 atom stereocenters. The van der Waals surface area contributed by atoms with E-state index in [0.717, 1.165) is 19.3 Å². The zero-order valence-corrected chi connectivity index (χ0v) is 6.78. The van der Waals surface area contributed by atoms with Gasteiger partial charge in [-0.3, -0.25) is 4.79 Å². The van der Waals surface area contributed by atoms with Gasteiger partial charge in [-0.05, 0) is 19.3 Å². The van der Waals surface area contributed by atoms with E-state index in [-0.39, 0.29) is 5.78 Å². The van der Waals surface area contributed by atoms with Gasteiger partial charge in [0.25, 0.3) is 0 Å². The number of hydrogen-bond donors (Lipinski definition) is 1. The highest BCUT2D eigenvalue weighted by atomic mass is 79.9. The molecule has 0 aromatic carbocycles. The van der Waals surface area contributed by atoms with Gasteiger partial charge in [-0.25, -0.2) is 0 Å². The number of rotatable bonds is 2. The van der Waals surface area contributed by atoms with Crippen LogP contribution in [0.5, 0.6) is 0 Å². The lowest BCUT2D eigenvalue weighted by molar-refractivity contribution is -0.124. The maximum Gasteiger partial charge on any atom is 0.163 e. The van der Waals surface area contributed by atoms with Crippen LogP contribution in [0.3, 0.4) is 0 Å². The van der Waals surface area contributed by atoms with E-state index >= 15 is 0 Å². The van der Waals surface area contributed by atoms with Gasteiger partial charge in [0.15, 0.2) is 5.78 Å². The van der Waals surface area contributed by atoms with Crippen molar-refractivity contribution in [3.63, 3.8) is 0 Å². The lowest BCUT2D eigenvalue weighted by Gasteiger charge is -2.35. The highest BCUT2D eigenvalue weighted by Crippen LogP contribution is 2.30. The van der Waals surface area contributed by atoms with Crippen molar-refractivity contribution in [2.75, 3.05) is 5.33 Å². The molecular formula is C6H10BrNO. The van der Waals surface area contributed by atoms with Gasteiger partial charge in [-0.2, -0.15) is 0 Å². The first-order valence-electron chi connectivity index (χ1n) is 3.07. The monoisotopic (exact) mass is 191 g/mol. The van der Waals surface area contributed by atoms with Gasteiger partial charge in [0, 0.05) is 0 Å². The zero-order valence-electron chi connectivity index (χ0n) is 5.19. The average Bonchev–Trinajstić information content (AvgIpc) is 1.81. The maximum atomic E-state index is 10.9. The Hall–Kier alpha value is 0.110. The summed E-state index contributed by atoms with van der Waals surface area (Å²) in [6, 6.07) is 0. The molecule has 1 aliphatic rings. The number of carbonyl (C=O) groups is 1. The largest absolute Gasteiger partial charge is 0.319 e. The van der Waals surface area contributed by atoms with E-state index < -0.39 is 5.54 Å². The third-order valence-electron chi connectivity index (χ3n) is 1.92. The molecule has 2 nitrogen and oxygen atoms in total. The Morgan fingerprint density at radius 3 is 2.33 bits per heavy atom. The van der Waals surface area contributed by atoms with Gasteiger partial charge in [-0.1, -0.05) is 15.9 Å². The summed E-state index contributed by atoms with van der Waals surface area (Å²) in [7, 11) is 0. The fraction of sp³-hybridized carbons (Fsp3) is 0.833. The number of ketones is 1. The molecule has 1 saturated carbocycles. The van der Waals surface area contributed by atoms with Crippen molar-refractivity contribution < 1.29 is 4.79 Å². The summed E-state index contributed by atoms with van der Waals surface area (Å²) >= 11 is 3.10. The highest BCUT2D eigenvalue weighted by molar-refractivity contribution is 9.09. The smallest absolute Gasteiger partial charge is 0.163 e. The Morgan fingerprint density at radius 1 is 1.67 bits per heavy atom. The van der Waals surface area contributed by atoms with Crippen LogP contribution >= 0.6 is 15.9 Å². The van der Waals surface area contributed by atoms with Crippen LogP contribution in [0, 0.1) is 0 Å². The van der Waals surface area contributed by atoms with Crippen LogP contribution in [0.4, 0.5) is 0 Å². The summed E-state index contributed by atoms with van der Waals surface area (Å²) in [5.41, 5.74) is 5.22. The molecule has 0 aliphatic heterocycles. The van der Waals surface area contributed by atoms with Gasteiger partial charge in [0.05, 0.1) is 10.9 Å². The lowest BCUT2D eigenvalue weighted by atomic mass is 9.75. The van der Waals surface area contributed by atoms with E-state index in [1.807, 2.05) is 0 Å². The Bertz CT molecular complexity index is 131. The Balaban J connectivity index is 2.49. The summed E-state index contributed by atoms with van der Waals surface area (Å²) < 4.78 is 0. The standard InChI is InChI=1S/C6H10BrNO/c7-4-5(9)6(8)2-1-3-6/h1-4,8H2. The van der Waals surface area contributed by atoms with Crippen molar-refractivity contribution in [3.05, 3.63) is 0 Å². The van der Waals surface area contributed by atoms with Gasteiger partial charge in [-0.15, -0.1) is 0 Å². The van der Waals surface area contributed by atoms with Crippen molar-refractivity contribution in [2.45, 2.75) is 24.8 Å². The van der Waals surface area contributed by atoms with Crippen LogP contribution in [0.2, 0.25) is 0 Å². The lowest BCUT2D eigenvalue weighted by Crippen LogP contribution is -2.54. The fourth-order valence-corrected chi connectivity index (χ4v) is 1.53. The first-order chi connectivity index (χ1) is 4.19. The summed E-state index contributed by atoms with van der Waals surface area (Å²) in [4.78, 5) is 10.9. The van der Waals surface area contributed by atoms with Crippen LogP contribution in [-0.2, 0) is 4.79 Å². The minimum Gasteiger partial charge on any atom is -0.319 e. The Kier molecular flexibility index (Phi) is 1.91. The number of Topliss-reactive ketones (excluding diaryl/α,β-unsaturated/α-hetero) is 1. The minimum absolute atomic E-state index is 0.147. The van der Waals surface area contributed by atoms with E-state index in [2.05, 4.69) is 15.9 Å². The van der Waals surface area contributed by atoms with Crippen LogP contribution in [0.1, 0.15) is 19.3 Å². The number of nitrogens with two attached hydrogens (primary N) is 1. The number of halogens is 1. The number of hydrogen-bond acceptors (Lipinski definition) is 2. The third kappa shape index (κ3) is 1.17. The fourth-order valence-electron chi connectivity index (χ4n) is 0.970. The third-order valence-corrected chi connectivity index (χ3v) is 2.43. The molecule has 0 radical (unpaired) electrons. The van der Waals surface area contributed by atoms with Crippen molar-refractivity contribution in [1.29, 1.82) is 0 Å². The molecule has 1 rings (SSSR count). The van der Waals surface area contributed by atoms with Crippen molar-refractivity contribution in [1.82, 2.24) is 0 Å². The second-order valence-electron chi connectivity index (χ2n) is 2.57. The van der Waals surface area contributed by atoms with E-state index in [9.17, 15) is 4.79 Å². The van der Waals surface area contributed by atoms with E-state index in [1.54, 1.807) is 0 Å². The van der Waals surface area contributed by atoms with Crippen LogP contribution in [0.15, 0.2) is 0 Å². The Morgan fingerprint density at radius 2 is 2.22 bits per heavy atom. The zero-order chi connectivity index (χ0) is 6.91. The second-order valence-corrected chi connectivity index (χ2v) is 3.13. The molecular weight excluding hydrogens is 182 g/mol. The van der Waals surface area contributed by atoms with Crippen molar-refractivity contribution in [3.8, 4) is 0 Å². The molecule has 0 spiro atoms. The minimum atomic E-state index is -0.455. The summed E-state index contributed by atoms with van der Waals surface area (Å²) in [5.74, 6) is 0.147. The molecule has 0 aromatic rings. The molecule has 0 unspecified atom stereocenters. The first-order valence-corrected chi connectivity index (χ1v) is 4.19. The van der Waals surface area contributed by atoms with Crippen molar-refractivity contribution >= 4 is 21.7 Å². The predicted molar refractivity (Wildman–Crippen MR) is 39.6 cm³/mol. The van der Waals surface area contributed by atoms with Gasteiger partial charge >= 0.3 is 0 Å². The molecule has 52 valence electrons. The van der Waals surface area contributed by atoms with Crippen LogP contribution in [-0.4, -0.2) is 16.7 Å². The molecule has 1 fully saturated rings. The molecule has 3 heteroatoms. The second kappa shape index (κ2) is 2.39. The molecule has 0 aromatic heterocycles. The number of carbonyl (C=O) groups excluding carboxylic acids is 1. The molecule has 1 aliphatic carbocycles. The summed E-state index contributed by atoms with van der Waals surface area (Å²) in [6.07, 6.45) is 2.85. The van der Waals surface area contributed by atoms with E-state index in [0.29, 0.717) is 5.33 Å². The maximum absolute atomic E-state index is 10.9. The Labute approximate surface area is 62.9 Å². The molecule has 0 heterocycles. The molecule has 0 bridgehead atoms. The molecule has 2 N–H and O–H groups in total. The molecule has 9 heavy (non-hydrogen) atoms. The van der Waals surface area contributed by atoms with Crippen LogP contribution in [0.25, 0.3) is 0 Å². The summed E-state index contributed by atoms with van der Waals surface area (Å²) in [5, 5.41) is 0.406.